The fraction of sp³-hybridized carbons (Fsp3) is 0.0556. The number of halogens is 2. The molecule has 2 aromatic carbocycles. The van der Waals surface area contributed by atoms with Crippen LogP contribution in [-0.2, 0) is 9.53 Å². The molecule has 1 aliphatic heterocycles. The van der Waals surface area contributed by atoms with Crippen LogP contribution in [0, 0.1) is 15.9 Å². The van der Waals surface area contributed by atoms with Crippen molar-refractivity contribution in [3.8, 4) is 5.75 Å². The number of allylic oxidation sites excluding steroid dienone is 1. The molecule has 0 saturated carbocycles. The van der Waals surface area contributed by atoms with Gasteiger partial charge in [-0.3, -0.25) is 10.1 Å². The molecule has 0 aromatic heterocycles. The van der Waals surface area contributed by atoms with E-state index >= 15 is 0 Å². The number of non-ortho nitro benzene ring substituents is 1. The van der Waals surface area contributed by atoms with Gasteiger partial charge in [0.2, 0.25) is 0 Å². The van der Waals surface area contributed by atoms with Crippen LogP contribution in [0.4, 0.5) is 10.1 Å². The van der Waals surface area contributed by atoms with Gasteiger partial charge in [-0.05, 0) is 51.8 Å². The molecular formula is C18H11BrFNO5. The van der Waals surface area contributed by atoms with Gasteiger partial charge in [-0.25, -0.2) is 9.18 Å². The molecule has 0 unspecified atom stereocenters. The third-order valence-corrected chi connectivity index (χ3v) is 4.40. The summed E-state index contributed by atoms with van der Waals surface area (Å²) in [7, 11) is 1.39. The maximum atomic E-state index is 13.5. The summed E-state index contributed by atoms with van der Waals surface area (Å²) in [6.45, 7) is 0. The van der Waals surface area contributed by atoms with Gasteiger partial charge in [0.1, 0.15) is 21.8 Å². The number of ether oxygens (including phenoxy) is 2. The Morgan fingerprint density at radius 2 is 1.92 bits per heavy atom. The zero-order valence-electron chi connectivity index (χ0n) is 13.4. The van der Waals surface area contributed by atoms with Crippen molar-refractivity contribution < 1.29 is 23.6 Å². The predicted molar refractivity (Wildman–Crippen MR) is 96.0 cm³/mol. The van der Waals surface area contributed by atoms with Crippen LogP contribution in [0.25, 0.3) is 11.6 Å². The third kappa shape index (κ3) is 3.36. The Labute approximate surface area is 155 Å². The highest BCUT2D eigenvalue weighted by Gasteiger charge is 2.31. The number of nitro groups is 1. The molecule has 8 heteroatoms. The van der Waals surface area contributed by atoms with E-state index in [1.807, 2.05) is 0 Å². The van der Waals surface area contributed by atoms with Gasteiger partial charge in [-0.1, -0.05) is 0 Å². The monoisotopic (exact) mass is 419 g/mol. The molecule has 3 rings (SSSR count). The minimum Gasteiger partial charge on any atom is -0.496 e. The smallest absolute Gasteiger partial charge is 0.351 e. The standard InChI is InChI=1S/C18H11BrFNO5/c1-25-14-9-11(20)4-7-13(14)16-15(26-18(22)17(16)19)8-10-2-5-12(6-3-10)21(23)24/h2-9H,1H3/b15-8-. The van der Waals surface area contributed by atoms with Crippen molar-refractivity contribution in [3.05, 3.63) is 79.8 Å². The number of cyclic esters (lactones) is 1. The van der Waals surface area contributed by atoms with Gasteiger partial charge in [-0.15, -0.1) is 0 Å². The molecule has 0 saturated heterocycles. The van der Waals surface area contributed by atoms with Crippen LogP contribution in [-0.4, -0.2) is 18.0 Å². The number of hydrogen-bond donors (Lipinski definition) is 0. The lowest BCUT2D eigenvalue weighted by Gasteiger charge is -2.10. The van der Waals surface area contributed by atoms with Gasteiger partial charge < -0.3 is 9.47 Å². The maximum Gasteiger partial charge on any atom is 0.351 e. The average Bonchev–Trinajstić information content (AvgIpc) is 2.89. The highest BCUT2D eigenvalue weighted by atomic mass is 79.9. The lowest BCUT2D eigenvalue weighted by molar-refractivity contribution is -0.384. The Morgan fingerprint density at radius 1 is 1.23 bits per heavy atom. The first-order valence-electron chi connectivity index (χ1n) is 7.33. The van der Waals surface area contributed by atoms with Gasteiger partial charge in [0.05, 0.1) is 12.0 Å². The van der Waals surface area contributed by atoms with Crippen molar-refractivity contribution in [3.63, 3.8) is 0 Å². The summed E-state index contributed by atoms with van der Waals surface area (Å²) in [6.07, 6.45) is 1.56. The van der Waals surface area contributed by atoms with Crippen molar-refractivity contribution >= 4 is 39.2 Å². The van der Waals surface area contributed by atoms with Crippen LogP contribution >= 0.6 is 15.9 Å². The summed E-state index contributed by atoms with van der Waals surface area (Å²) in [5, 5.41) is 10.7. The van der Waals surface area contributed by atoms with Crippen molar-refractivity contribution in [1.29, 1.82) is 0 Å². The number of rotatable bonds is 4. The first kappa shape index (κ1) is 17.8. The molecule has 0 fully saturated rings. The van der Waals surface area contributed by atoms with Crippen LogP contribution < -0.4 is 4.74 Å². The zero-order valence-corrected chi connectivity index (χ0v) is 14.9. The molecule has 1 heterocycles. The Morgan fingerprint density at radius 3 is 2.54 bits per heavy atom. The van der Waals surface area contributed by atoms with Gasteiger partial charge in [0, 0.05) is 29.3 Å². The summed E-state index contributed by atoms with van der Waals surface area (Å²) in [5.74, 6) is -0.613. The minimum absolute atomic E-state index is 0.0484. The largest absolute Gasteiger partial charge is 0.496 e. The number of methoxy groups -OCH3 is 1. The van der Waals surface area contributed by atoms with Crippen LogP contribution in [0.3, 0.4) is 0 Å². The van der Waals surface area contributed by atoms with E-state index in [2.05, 4.69) is 15.9 Å². The highest BCUT2D eigenvalue weighted by molar-refractivity contribution is 9.12. The van der Waals surface area contributed by atoms with Crippen molar-refractivity contribution in [2.24, 2.45) is 0 Å². The Balaban J connectivity index is 2.07. The molecule has 0 spiro atoms. The second-order valence-corrected chi connectivity index (χ2v) is 6.07. The van der Waals surface area contributed by atoms with E-state index in [4.69, 9.17) is 9.47 Å². The fourth-order valence-electron chi connectivity index (χ4n) is 2.47. The number of carbonyl (C=O) groups excluding carboxylic acids is 1. The van der Waals surface area contributed by atoms with Gasteiger partial charge in [-0.2, -0.15) is 0 Å². The van der Waals surface area contributed by atoms with Crippen LogP contribution in [0.2, 0.25) is 0 Å². The summed E-state index contributed by atoms with van der Waals surface area (Å²) in [5.41, 5.74) is 1.43. The molecule has 26 heavy (non-hydrogen) atoms. The van der Waals surface area contributed by atoms with E-state index in [1.54, 1.807) is 6.08 Å². The summed E-state index contributed by atoms with van der Waals surface area (Å²) < 4.78 is 24.1. The van der Waals surface area contributed by atoms with Crippen molar-refractivity contribution in [1.82, 2.24) is 0 Å². The molecule has 0 aliphatic carbocycles. The van der Waals surface area contributed by atoms with Gasteiger partial charge >= 0.3 is 5.97 Å². The first-order chi connectivity index (χ1) is 12.4. The number of nitrogens with zero attached hydrogens (tertiary/aromatic N) is 1. The Bertz CT molecular complexity index is 966. The lowest BCUT2D eigenvalue weighted by Crippen LogP contribution is -1.95. The molecule has 0 N–H and O–H groups in total. The van der Waals surface area contributed by atoms with Crippen LogP contribution in [0.5, 0.6) is 5.75 Å². The molecule has 0 bridgehead atoms. The fourth-order valence-corrected chi connectivity index (χ4v) is 2.96. The van der Waals surface area contributed by atoms with E-state index < -0.39 is 16.7 Å². The topological polar surface area (TPSA) is 78.7 Å². The van der Waals surface area contributed by atoms with E-state index in [0.717, 1.165) is 0 Å². The molecule has 0 radical (unpaired) electrons. The number of esters is 1. The van der Waals surface area contributed by atoms with Crippen molar-refractivity contribution in [2.45, 2.75) is 0 Å². The summed E-state index contributed by atoms with van der Waals surface area (Å²) >= 11 is 3.20. The second-order valence-electron chi connectivity index (χ2n) is 5.28. The SMILES string of the molecule is COc1cc(F)ccc1C1=C(Br)C(=O)O/C1=C\c1ccc([N+](=O)[O-])cc1. The third-order valence-electron chi connectivity index (χ3n) is 3.68. The van der Waals surface area contributed by atoms with Crippen molar-refractivity contribution in [2.75, 3.05) is 7.11 Å². The van der Waals surface area contributed by atoms with E-state index in [-0.39, 0.29) is 21.7 Å². The number of nitro benzene ring substituents is 1. The number of hydrogen-bond acceptors (Lipinski definition) is 5. The van der Waals surface area contributed by atoms with E-state index in [0.29, 0.717) is 16.7 Å². The molecule has 1 aliphatic rings. The second kappa shape index (κ2) is 7.09. The minimum atomic E-state index is -0.598. The van der Waals surface area contributed by atoms with E-state index in [1.165, 1.54) is 49.6 Å². The Kier molecular flexibility index (Phi) is 4.85. The number of benzene rings is 2. The lowest BCUT2D eigenvalue weighted by atomic mass is 10.0. The molecule has 0 atom stereocenters. The average molecular weight is 420 g/mol. The van der Waals surface area contributed by atoms with E-state index in [9.17, 15) is 19.3 Å². The first-order valence-corrected chi connectivity index (χ1v) is 8.12. The maximum absolute atomic E-state index is 13.5. The summed E-state index contributed by atoms with van der Waals surface area (Å²) in [4.78, 5) is 22.2. The Hall–Kier alpha value is -3.00. The normalized spacial score (nSPS) is 15.3. The van der Waals surface area contributed by atoms with Gasteiger partial charge in [0.25, 0.3) is 5.69 Å². The molecular weight excluding hydrogens is 409 g/mol. The van der Waals surface area contributed by atoms with Crippen LogP contribution in [0.15, 0.2) is 52.7 Å². The molecule has 2 aromatic rings. The van der Waals surface area contributed by atoms with Gasteiger partial charge in [0.15, 0.2) is 0 Å². The number of carbonyl (C=O) groups is 1. The summed E-state index contributed by atoms with van der Waals surface area (Å²) in [6, 6.07) is 9.69. The predicted octanol–water partition coefficient (Wildman–Crippen LogP) is 4.45. The zero-order chi connectivity index (χ0) is 18.8. The highest BCUT2D eigenvalue weighted by Crippen LogP contribution is 2.42. The molecule has 0 amide bonds. The molecule has 132 valence electrons. The molecule has 6 nitrogen and oxygen atoms in total. The van der Waals surface area contributed by atoms with Crippen LogP contribution in [0.1, 0.15) is 11.1 Å². The quantitative estimate of drug-likeness (QED) is 0.415.